The number of rotatable bonds is 1. The molecule has 0 heterocycles. The van der Waals surface area contributed by atoms with Gasteiger partial charge in [-0.05, 0) is 42.9 Å². The van der Waals surface area contributed by atoms with E-state index in [0.29, 0.717) is 6.42 Å². The summed E-state index contributed by atoms with van der Waals surface area (Å²) < 4.78 is 13.6. The fourth-order valence-corrected chi connectivity index (χ4v) is 2.32. The lowest BCUT2D eigenvalue weighted by Crippen LogP contribution is -2.19. The second-order valence-electron chi connectivity index (χ2n) is 3.76. The zero-order valence-electron chi connectivity index (χ0n) is 8.15. The lowest BCUT2D eigenvalue weighted by molar-refractivity contribution is 0.0995. The summed E-state index contributed by atoms with van der Waals surface area (Å²) in [4.78, 5) is 11.2. The normalized spacial score (nSPS) is 14.8. The maximum Gasteiger partial charge on any atom is 0.252 e. The van der Waals surface area contributed by atoms with E-state index in [0.717, 1.165) is 30.4 Å². The Bertz CT molecular complexity index is 431. The molecule has 0 atom stereocenters. The monoisotopic (exact) mass is 227 g/mol. The molecule has 4 heteroatoms. The Hall–Kier alpha value is -1.09. The van der Waals surface area contributed by atoms with E-state index < -0.39 is 11.7 Å². The average Bonchev–Trinajstić information content (AvgIpc) is 2.19. The van der Waals surface area contributed by atoms with Crippen molar-refractivity contribution in [1.82, 2.24) is 0 Å². The highest BCUT2D eigenvalue weighted by Crippen LogP contribution is 2.30. The molecule has 0 spiro atoms. The second-order valence-corrected chi connectivity index (χ2v) is 4.16. The summed E-state index contributed by atoms with van der Waals surface area (Å²) in [7, 11) is 0. The van der Waals surface area contributed by atoms with Crippen molar-refractivity contribution >= 4 is 17.5 Å². The van der Waals surface area contributed by atoms with Gasteiger partial charge in [0.15, 0.2) is 5.82 Å². The Labute approximate surface area is 92.2 Å². The van der Waals surface area contributed by atoms with E-state index in [1.165, 1.54) is 0 Å². The molecule has 0 saturated carbocycles. The van der Waals surface area contributed by atoms with Crippen LogP contribution >= 0.6 is 11.6 Å². The zero-order valence-corrected chi connectivity index (χ0v) is 8.90. The highest BCUT2D eigenvalue weighted by Gasteiger charge is 2.22. The predicted molar refractivity (Wildman–Crippen MR) is 56.6 cm³/mol. The van der Waals surface area contributed by atoms with Crippen LogP contribution in [0.25, 0.3) is 0 Å². The van der Waals surface area contributed by atoms with Crippen molar-refractivity contribution < 1.29 is 9.18 Å². The third kappa shape index (κ3) is 1.72. The van der Waals surface area contributed by atoms with Gasteiger partial charge >= 0.3 is 0 Å². The van der Waals surface area contributed by atoms with E-state index in [4.69, 9.17) is 17.3 Å². The van der Waals surface area contributed by atoms with Gasteiger partial charge in [-0.3, -0.25) is 4.79 Å². The third-order valence-electron chi connectivity index (χ3n) is 2.79. The first-order valence-electron chi connectivity index (χ1n) is 4.91. The number of carbonyl (C=O) groups excluding carboxylic acids is 1. The van der Waals surface area contributed by atoms with Gasteiger partial charge in [-0.2, -0.15) is 0 Å². The van der Waals surface area contributed by atoms with Gasteiger partial charge in [0, 0.05) is 0 Å². The van der Waals surface area contributed by atoms with Crippen LogP contribution in [0.2, 0.25) is 5.02 Å². The smallest absolute Gasteiger partial charge is 0.252 e. The first-order chi connectivity index (χ1) is 7.11. The first-order valence-corrected chi connectivity index (χ1v) is 5.28. The molecule has 0 fully saturated rings. The van der Waals surface area contributed by atoms with Gasteiger partial charge in [0.25, 0.3) is 5.91 Å². The molecule has 1 aromatic rings. The maximum atomic E-state index is 13.6. The van der Waals surface area contributed by atoms with Crippen LogP contribution in [0.1, 0.15) is 34.3 Å². The quantitative estimate of drug-likeness (QED) is 0.787. The molecule has 2 rings (SSSR count). The Balaban J connectivity index is 2.68. The summed E-state index contributed by atoms with van der Waals surface area (Å²) in [5, 5.41) is -0.00977. The molecular formula is C11H11ClFNO. The standard InChI is InChI=1S/C11H11ClFNO/c12-8-5-6-3-1-2-4-7(6)9(10(8)13)11(14)15/h5H,1-4H2,(H2,14,15). The summed E-state index contributed by atoms with van der Waals surface area (Å²) in [6.07, 6.45) is 3.57. The van der Waals surface area contributed by atoms with Gasteiger partial charge in [-0.25, -0.2) is 4.39 Å². The second kappa shape index (κ2) is 3.81. The largest absolute Gasteiger partial charge is 0.365 e. The van der Waals surface area contributed by atoms with Crippen molar-refractivity contribution in [3.05, 3.63) is 33.6 Å². The van der Waals surface area contributed by atoms with Gasteiger partial charge in [0.05, 0.1) is 10.6 Å². The molecule has 0 aromatic heterocycles. The number of hydrogen-bond donors (Lipinski definition) is 1. The van der Waals surface area contributed by atoms with Gasteiger partial charge in [0.1, 0.15) is 0 Å². The highest BCUT2D eigenvalue weighted by molar-refractivity contribution is 6.31. The third-order valence-corrected chi connectivity index (χ3v) is 3.06. The van der Waals surface area contributed by atoms with Crippen LogP contribution in [0.3, 0.4) is 0 Å². The molecule has 2 nitrogen and oxygen atoms in total. The van der Waals surface area contributed by atoms with E-state index in [1.54, 1.807) is 6.07 Å². The molecule has 1 aromatic carbocycles. The molecule has 0 unspecified atom stereocenters. The fraction of sp³-hybridized carbons (Fsp3) is 0.364. The molecule has 1 aliphatic rings. The minimum atomic E-state index is -0.729. The van der Waals surface area contributed by atoms with Gasteiger partial charge in [-0.1, -0.05) is 11.6 Å². The van der Waals surface area contributed by atoms with Crippen LogP contribution in [-0.2, 0) is 12.8 Å². The van der Waals surface area contributed by atoms with Crippen molar-refractivity contribution in [1.29, 1.82) is 0 Å². The summed E-state index contributed by atoms with van der Waals surface area (Å²) in [5.41, 5.74) is 6.86. The summed E-state index contributed by atoms with van der Waals surface area (Å²) in [6.45, 7) is 0. The Morgan fingerprint density at radius 1 is 1.40 bits per heavy atom. The molecule has 0 bridgehead atoms. The van der Waals surface area contributed by atoms with Gasteiger partial charge in [0.2, 0.25) is 0 Å². The van der Waals surface area contributed by atoms with Crippen LogP contribution in [0.5, 0.6) is 0 Å². The van der Waals surface area contributed by atoms with Crippen LogP contribution in [-0.4, -0.2) is 5.91 Å². The summed E-state index contributed by atoms with van der Waals surface area (Å²) in [5.74, 6) is -1.40. The summed E-state index contributed by atoms with van der Waals surface area (Å²) >= 11 is 5.71. The van der Waals surface area contributed by atoms with Crippen LogP contribution in [0.15, 0.2) is 6.07 Å². The number of nitrogens with two attached hydrogens (primary N) is 1. The number of benzene rings is 1. The van der Waals surface area contributed by atoms with E-state index in [9.17, 15) is 9.18 Å². The Morgan fingerprint density at radius 2 is 2.07 bits per heavy atom. The lowest BCUT2D eigenvalue weighted by atomic mass is 9.88. The topological polar surface area (TPSA) is 43.1 Å². The van der Waals surface area contributed by atoms with E-state index in [2.05, 4.69) is 0 Å². The molecule has 0 aliphatic heterocycles. The van der Waals surface area contributed by atoms with Crippen molar-refractivity contribution in [3.8, 4) is 0 Å². The molecule has 1 amide bonds. The minimum absolute atomic E-state index is 0.00977. The van der Waals surface area contributed by atoms with Gasteiger partial charge in [-0.15, -0.1) is 0 Å². The first kappa shape index (κ1) is 10.4. The van der Waals surface area contributed by atoms with Crippen molar-refractivity contribution in [2.75, 3.05) is 0 Å². The number of fused-ring (bicyclic) bond motifs is 1. The van der Waals surface area contributed by atoms with E-state index in [1.807, 2.05) is 0 Å². The molecule has 15 heavy (non-hydrogen) atoms. The highest BCUT2D eigenvalue weighted by atomic mass is 35.5. The Kier molecular flexibility index (Phi) is 2.65. The van der Waals surface area contributed by atoms with Crippen molar-refractivity contribution in [3.63, 3.8) is 0 Å². The minimum Gasteiger partial charge on any atom is -0.365 e. The van der Waals surface area contributed by atoms with Crippen molar-refractivity contribution in [2.24, 2.45) is 5.73 Å². The number of aryl methyl sites for hydroxylation is 1. The molecule has 1 aliphatic carbocycles. The van der Waals surface area contributed by atoms with Crippen molar-refractivity contribution in [2.45, 2.75) is 25.7 Å². The molecular weight excluding hydrogens is 217 g/mol. The SMILES string of the molecule is NC(=O)c1c(F)c(Cl)cc2c1CCCC2. The lowest BCUT2D eigenvalue weighted by Gasteiger charge is -2.19. The summed E-state index contributed by atoms with van der Waals surface area (Å²) in [6, 6.07) is 1.61. The average molecular weight is 228 g/mol. The number of amides is 1. The van der Waals surface area contributed by atoms with Crippen LogP contribution < -0.4 is 5.73 Å². The fourth-order valence-electron chi connectivity index (χ4n) is 2.10. The molecule has 2 N–H and O–H groups in total. The van der Waals surface area contributed by atoms with Gasteiger partial charge < -0.3 is 5.73 Å². The number of primary amides is 1. The van der Waals surface area contributed by atoms with Crippen LogP contribution in [0, 0.1) is 5.82 Å². The number of carbonyl (C=O) groups is 1. The molecule has 80 valence electrons. The maximum absolute atomic E-state index is 13.6. The number of hydrogen-bond acceptors (Lipinski definition) is 1. The van der Waals surface area contributed by atoms with E-state index in [-0.39, 0.29) is 10.6 Å². The van der Waals surface area contributed by atoms with E-state index >= 15 is 0 Å². The molecule has 0 saturated heterocycles. The zero-order chi connectivity index (χ0) is 11.0. The Morgan fingerprint density at radius 3 is 2.73 bits per heavy atom. The van der Waals surface area contributed by atoms with Crippen LogP contribution in [0.4, 0.5) is 4.39 Å². The molecule has 0 radical (unpaired) electrons. The predicted octanol–water partition coefficient (Wildman–Crippen LogP) is 2.46. The number of halogens is 2.